The highest BCUT2D eigenvalue weighted by Crippen LogP contribution is 2.12. The predicted molar refractivity (Wildman–Crippen MR) is 127 cm³/mol. The number of aliphatic hydroxyl groups is 1. The van der Waals surface area contributed by atoms with Gasteiger partial charge in [-0.2, -0.15) is 0 Å². The number of allylic oxidation sites excluding steroid dienone is 1. The van der Waals surface area contributed by atoms with Crippen LogP contribution < -0.4 is 5.32 Å². The molecule has 172 valence electrons. The molecule has 2 N–H and O–H groups in total. The average Bonchev–Trinajstić information content (AvgIpc) is 2.73. The van der Waals surface area contributed by atoms with E-state index < -0.39 is 0 Å². The van der Waals surface area contributed by atoms with Gasteiger partial charge in [-0.15, -0.1) is 0 Å². The molecule has 0 aliphatic carbocycles. The van der Waals surface area contributed by atoms with Crippen LogP contribution in [-0.2, 0) is 4.79 Å². The van der Waals surface area contributed by atoms with Gasteiger partial charge in [0.1, 0.15) is 0 Å². The molecule has 0 aromatic carbocycles. The van der Waals surface area contributed by atoms with Crippen LogP contribution in [0.15, 0.2) is 12.2 Å². The summed E-state index contributed by atoms with van der Waals surface area (Å²) in [5.74, 6) is 0.0827. The molecule has 0 radical (unpaired) electrons. The minimum Gasteiger partial charge on any atom is -0.394 e. The van der Waals surface area contributed by atoms with Crippen molar-refractivity contribution in [2.24, 2.45) is 0 Å². The van der Waals surface area contributed by atoms with Crippen molar-refractivity contribution in [2.75, 3.05) is 6.61 Å². The molecule has 3 nitrogen and oxygen atoms in total. The molecule has 1 atom stereocenters. The van der Waals surface area contributed by atoms with Crippen molar-refractivity contribution in [2.45, 2.75) is 142 Å². The maximum atomic E-state index is 11.9. The lowest BCUT2D eigenvalue weighted by Crippen LogP contribution is -2.36. The van der Waals surface area contributed by atoms with Gasteiger partial charge in [0.2, 0.25) is 5.91 Å². The number of hydrogen-bond acceptors (Lipinski definition) is 2. The SMILES string of the molecule is CCCCCCCCCCCCC/C=C/C[C@@H](CO)NC(=O)CCCCCCC. The van der Waals surface area contributed by atoms with E-state index in [0.717, 1.165) is 25.7 Å². The lowest BCUT2D eigenvalue weighted by molar-refractivity contribution is -0.122. The lowest BCUT2D eigenvalue weighted by atomic mass is 10.1. The molecule has 0 rings (SSSR count). The Balaban J connectivity index is 3.50. The second-order valence-corrected chi connectivity index (χ2v) is 8.64. The molecule has 3 heteroatoms. The van der Waals surface area contributed by atoms with Crippen LogP contribution in [0.2, 0.25) is 0 Å². The van der Waals surface area contributed by atoms with Crippen molar-refractivity contribution < 1.29 is 9.90 Å². The van der Waals surface area contributed by atoms with Crippen LogP contribution in [0.3, 0.4) is 0 Å². The predicted octanol–water partition coefficient (Wildman–Crippen LogP) is 7.47. The van der Waals surface area contributed by atoms with Gasteiger partial charge in [0.05, 0.1) is 12.6 Å². The number of rotatable bonds is 22. The van der Waals surface area contributed by atoms with Gasteiger partial charge in [-0.25, -0.2) is 0 Å². The van der Waals surface area contributed by atoms with Gasteiger partial charge in [-0.05, 0) is 25.7 Å². The van der Waals surface area contributed by atoms with E-state index >= 15 is 0 Å². The van der Waals surface area contributed by atoms with E-state index in [4.69, 9.17) is 0 Å². The first-order valence-electron chi connectivity index (χ1n) is 12.8. The van der Waals surface area contributed by atoms with Gasteiger partial charge in [-0.3, -0.25) is 4.79 Å². The third-order valence-corrected chi connectivity index (χ3v) is 5.65. The monoisotopic (exact) mass is 409 g/mol. The van der Waals surface area contributed by atoms with E-state index in [1.165, 1.54) is 89.9 Å². The summed E-state index contributed by atoms with van der Waals surface area (Å²) in [5.41, 5.74) is 0. The van der Waals surface area contributed by atoms with E-state index in [-0.39, 0.29) is 18.6 Å². The van der Waals surface area contributed by atoms with Crippen molar-refractivity contribution in [3.05, 3.63) is 12.2 Å². The fraction of sp³-hybridized carbons (Fsp3) is 0.885. The number of unbranched alkanes of at least 4 members (excludes halogenated alkanes) is 15. The van der Waals surface area contributed by atoms with Gasteiger partial charge in [0, 0.05) is 6.42 Å². The third-order valence-electron chi connectivity index (χ3n) is 5.65. The molecule has 0 unspecified atom stereocenters. The van der Waals surface area contributed by atoms with Gasteiger partial charge in [-0.1, -0.05) is 116 Å². The van der Waals surface area contributed by atoms with Crippen molar-refractivity contribution in [3.8, 4) is 0 Å². The summed E-state index contributed by atoms with van der Waals surface area (Å²) in [6, 6.07) is -0.133. The topological polar surface area (TPSA) is 49.3 Å². The van der Waals surface area contributed by atoms with Crippen molar-refractivity contribution in [3.63, 3.8) is 0 Å². The molecule has 0 aromatic heterocycles. The molecular weight excluding hydrogens is 358 g/mol. The first kappa shape index (κ1) is 28.2. The first-order chi connectivity index (χ1) is 14.2. The third kappa shape index (κ3) is 21.7. The Bertz CT molecular complexity index is 368. The Hall–Kier alpha value is -0.830. The highest BCUT2D eigenvalue weighted by atomic mass is 16.3. The van der Waals surface area contributed by atoms with E-state index in [0.29, 0.717) is 6.42 Å². The molecule has 0 aliphatic heterocycles. The van der Waals surface area contributed by atoms with E-state index in [2.05, 4.69) is 31.3 Å². The first-order valence-corrected chi connectivity index (χ1v) is 12.8. The smallest absolute Gasteiger partial charge is 0.220 e. The summed E-state index contributed by atoms with van der Waals surface area (Å²) in [7, 11) is 0. The molecule has 0 saturated carbocycles. The second kappa shape index (κ2) is 23.4. The second-order valence-electron chi connectivity index (χ2n) is 8.64. The van der Waals surface area contributed by atoms with Crippen LogP contribution in [0, 0.1) is 0 Å². The largest absolute Gasteiger partial charge is 0.394 e. The lowest BCUT2D eigenvalue weighted by Gasteiger charge is -2.14. The highest BCUT2D eigenvalue weighted by molar-refractivity contribution is 5.76. The van der Waals surface area contributed by atoms with Crippen molar-refractivity contribution in [1.82, 2.24) is 5.32 Å². The number of carbonyl (C=O) groups excluding carboxylic acids is 1. The summed E-state index contributed by atoms with van der Waals surface area (Å²) in [4.78, 5) is 11.9. The maximum Gasteiger partial charge on any atom is 0.220 e. The zero-order chi connectivity index (χ0) is 21.4. The van der Waals surface area contributed by atoms with Crippen LogP contribution in [0.25, 0.3) is 0 Å². The minimum absolute atomic E-state index is 0.0182. The van der Waals surface area contributed by atoms with E-state index in [1.54, 1.807) is 0 Å². The molecule has 0 spiro atoms. The van der Waals surface area contributed by atoms with E-state index in [1.807, 2.05) is 0 Å². The van der Waals surface area contributed by atoms with Gasteiger partial charge < -0.3 is 10.4 Å². The molecule has 0 aromatic rings. The Labute approximate surface area is 182 Å². The van der Waals surface area contributed by atoms with E-state index in [9.17, 15) is 9.90 Å². The zero-order valence-electron chi connectivity index (χ0n) is 19.7. The number of nitrogens with one attached hydrogen (secondary N) is 1. The summed E-state index contributed by atoms with van der Waals surface area (Å²) in [6.07, 6.45) is 27.7. The molecule has 1 amide bonds. The summed E-state index contributed by atoms with van der Waals surface area (Å²) < 4.78 is 0. The van der Waals surface area contributed by atoms with Crippen LogP contribution in [0.5, 0.6) is 0 Å². The van der Waals surface area contributed by atoms with Gasteiger partial charge >= 0.3 is 0 Å². The summed E-state index contributed by atoms with van der Waals surface area (Å²) in [5, 5.41) is 12.4. The molecule has 0 heterocycles. The summed E-state index contributed by atoms with van der Waals surface area (Å²) in [6.45, 7) is 4.49. The van der Waals surface area contributed by atoms with Gasteiger partial charge in [0.15, 0.2) is 0 Å². The van der Waals surface area contributed by atoms with Crippen LogP contribution in [0.1, 0.15) is 136 Å². The number of aliphatic hydroxyl groups excluding tert-OH is 1. The quantitative estimate of drug-likeness (QED) is 0.144. The fourth-order valence-electron chi connectivity index (χ4n) is 3.67. The van der Waals surface area contributed by atoms with Gasteiger partial charge in [0.25, 0.3) is 0 Å². The summed E-state index contributed by atoms with van der Waals surface area (Å²) >= 11 is 0. The standard InChI is InChI=1S/C26H51NO2/c1-3-5-7-9-10-11-12-13-14-15-16-17-19-20-22-25(24-28)27-26(29)23-21-18-8-6-4-2/h19-20,25,28H,3-18,21-24H2,1-2H3,(H,27,29)/b20-19+/t25-/m0/s1. The molecule has 0 aliphatic rings. The normalized spacial score (nSPS) is 12.5. The Morgan fingerprint density at radius 3 is 1.72 bits per heavy atom. The molecular formula is C26H51NO2. The average molecular weight is 410 g/mol. The molecule has 0 saturated heterocycles. The number of carbonyl (C=O) groups is 1. The Kier molecular flexibility index (Phi) is 22.8. The maximum absolute atomic E-state index is 11.9. The zero-order valence-corrected chi connectivity index (χ0v) is 19.7. The van der Waals surface area contributed by atoms with Crippen LogP contribution in [-0.4, -0.2) is 23.7 Å². The highest BCUT2D eigenvalue weighted by Gasteiger charge is 2.09. The van der Waals surface area contributed by atoms with Crippen LogP contribution in [0.4, 0.5) is 0 Å². The minimum atomic E-state index is -0.133. The van der Waals surface area contributed by atoms with Crippen molar-refractivity contribution >= 4 is 5.91 Å². The van der Waals surface area contributed by atoms with Crippen LogP contribution >= 0.6 is 0 Å². The Morgan fingerprint density at radius 2 is 1.21 bits per heavy atom. The van der Waals surface area contributed by atoms with Crippen molar-refractivity contribution in [1.29, 1.82) is 0 Å². The number of hydrogen-bond donors (Lipinski definition) is 2. The molecule has 29 heavy (non-hydrogen) atoms. The molecule has 0 bridgehead atoms. The molecule has 0 fully saturated rings. The Morgan fingerprint density at radius 1 is 0.724 bits per heavy atom. The fourth-order valence-corrected chi connectivity index (χ4v) is 3.67. The number of amides is 1.